The molecule has 0 saturated heterocycles. The molecule has 154 valence electrons. The van der Waals surface area contributed by atoms with E-state index in [9.17, 15) is 27.2 Å². The Bertz CT molecular complexity index is 928. The molecule has 2 N–H and O–H groups in total. The molecular weight excluding hydrogens is 414 g/mol. The van der Waals surface area contributed by atoms with E-state index in [2.05, 4.69) is 15.8 Å². The fourth-order valence-corrected chi connectivity index (χ4v) is 2.36. The third-order valence-corrected chi connectivity index (χ3v) is 4.09. The summed E-state index contributed by atoms with van der Waals surface area (Å²) in [7, 11) is 0. The van der Waals surface area contributed by atoms with Crippen LogP contribution in [0.4, 0.5) is 23.2 Å². The molecule has 0 aliphatic heterocycles. The first-order chi connectivity index (χ1) is 13.6. The highest BCUT2D eigenvalue weighted by Gasteiger charge is 2.31. The number of alkyl halides is 3. The molecule has 0 atom stereocenters. The van der Waals surface area contributed by atoms with Crippen LogP contribution in [-0.2, 0) is 15.8 Å². The second kappa shape index (κ2) is 9.51. The molecule has 0 aromatic heterocycles. The number of hydrogen-bond acceptors (Lipinski definition) is 3. The van der Waals surface area contributed by atoms with E-state index in [1.807, 2.05) is 0 Å². The Labute approximate surface area is 168 Å². The van der Waals surface area contributed by atoms with Crippen molar-refractivity contribution >= 4 is 34.8 Å². The third kappa shape index (κ3) is 6.86. The maximum absolute atomic E-state index is 12.9. The summed E-state index contributed by atoms with van der Waals surface area (Å²) in [5.74, 6) is -1.66. The second-order valence-corrected chi connectivity index (χ2v) is 6.39. The van der Waals surface area contributed by atoms with Crippen molar-refractivity contribution in [2.45, 2.75) is 25.9 Å². The van der Waals surface area contributed by atoms with Gasteiger partial charge in [-0.15, -0.1) is 0 Å². The van der Waals surface area contributed by atoms with Crippen LogP contribution in [0.2, 0.25) is 5.02 Å². The number of hydrazone groups is 1. The normalized spacial score (nSPS) is 11.9. The number of amides is 2. The molecule has 0 fully saturated rings. The Morgan fingerprint density at radius 1 is 1.03 bits per heavy atom. The van der Waals surface area contributed by atoms with Crippen molar-refractivity contribution in [2.75, 3.05) is 5.32 Å². The van der Waals surface area contributed by atoms with Gasteiger partial charge in [0.2, 0.25) is 11.8 Å². The number of rotatable bonds is 6. The minimum Gasteiger partial charge on any atom is -0.325 e. The molecule has 2 rings (SSSR count). The summed E-state index contributed by atoms with van der Waals surface area (Å²) in [5, 5.41) is 6.05. The van der Waals surface area contributed by atoms with E-state index < -0.39 is 29.4 Å². The van der Waals surface area contributed by atoms with Crippen molar-refractivity contribution in [1.29, 1.82) is 0 Å². The van der Waals surface area contributed by atoms with Gasteiger partial charge in [-0.3, -0.25) is 9.59 Å². The Morgan fingerprint density at radius 2 is 1.66 bits per heavy atom. The van der Waals surface area contributed by atoms with Crippen LogP contribution in [-0.4, -0.2) is 17.5 Å². The maximum atomic E-state index is 12.9. The highest BCUT2D eigenvalue weighted by atomic mass is 35.5. The Kier molecular flexibility index (Phi) is 7.33. The average Bonchev–Trinajstić information content (AvgIpc) is 2.66. The quantitative estimate of drug-likeness (QED) is 0.395. The molecule has 0 aliphatic rings. The summed E-state index contributed by atoms with van der Waals surface area (Å²) in [6.07, 6.45) is -5.11. The lowest BCUT2D eigenvalue weighted by atomic mass is 10.1. The predicted octanol–water partition coefficient (Wildman–Crippen LogP) is 4.76. The molecule has 10 heteroatoms. The summed E-state index contributed by atoms with van der Waals surface area (Å²) < 4.78 is 51.1. The van der Waals surface area contributed by atoms with Gasteiger partial charge in [0.05, 0.1) is 22.0 Å². The van der Waals surface area contributed by atoms with Crippen LogP contribution in [0.15, 0.2) is 47.6 Å². The molecule has 0 heterocycles. The average molecular weight is 430 g/mol. The molecular formula is C19H16ClF4N3O2. The molecule has 0 saturated carbocycles. The zero-order chi connectivity index (χ0) is 21.6. The van der Waals surface area contributed by atoms with E-state index in [0.29, 0.717) is 11.3 Å². The van der Waals surface area contributed by atoms with Crippen molar-refractivity contribution < 1.29 is 27.2 Å². The number of carbonyl (C=O) groups is 2. The smallest absolute Gasteiger partial charge is 0.325 e. The number of halogens is 5. The fourth-order valence-electron chi connectivity index (χ4n) is 2.19. The number of nitrogens with zero attached hydrogens (tertiary/aromatic N) is 1. The van der Waals surface area contributed by atoms with E-state index in [0.717, 1.165) is 18.2 Å². The van der Waals surface area contributed by atoms with Crippen molar-refractivity contribution in [3.8, 4) is 0 Å². The van der Waals surface area contributed by atoms with Crippen molar-refractivity contribution in [3.05, 3.63) is 64.4 Å². The van der Waals surface area contributed by atoms with Crippen LogP contribution in [0.3, 0.4) is 0 Å². The predicted molar refractivity (Wildman–Crippen MR) is 101 cm³/mol. The summed E-state index contributed by atoms with van der Waals surface area (Å²) in [5.41, 5.74) is 2.13. The lowest BCUT2D eigenvalue weighted by Crippen LogP contribution is -2.22. The first kappa shape index (κ1) is 22.4. The summed E-state index contributed by atoms with van der Waals surface area (Å²) in [4.78, 5) is 23.7. The molecule has 0 aliphatic carbocycles. The molecule has 0 spiro atoms. The van der Waals surface area contributed by atoms with E-state index in [1.165, 1.54) is 24.3 Å². The fraction of sp³-hybridized carbons (Fsp3) is 0.211. The SMILES string of the molecule is C/C(=N/NC(=O)CCC(=O)Nc1cc(C(F)(F)F)ccc1Cl)c1ccc(F)cc1. The van der Waals surface area contributed by atoms with Gasteiger partial charge in [-0.2, -0.15) is 18.3 Å². The van der Waals surface area contributed by atoms with Gasteiger partial charge in [0.15, 0.2) is 0 Å². The molecule has 2 aromatic carbocycles. The standard InChI is InChI=1S/C19H16ClF4N3O2/c1-11(12-2-5-14(21)6-3-12)26-27-18(29)9-8-17(28)25-16-10-13(19(22,23)24)4-7-15(16)20/h2-7,10H,8-9H2,1H3,(H,25,28)(H,27,29)/b26-11-. The Balaban J connectivity index is 1.88. The summed E-state index contributed by atoms with van der Waals surface area (Å²) in [6, 6.07) is 8.03. The van der Waals surface area contributed by atoms with Crippen LogP contribution in [0, 0.1) is 5.82 Å². The number of carbonyl (C=O) groups excluding carboxylic acids is 2. The van der Waals surface area contributed by atoms with Crippen LogP contribution in [0.1, 0.15) is 30.9 Å². The van der Waals surface area contributed by atoms with E-state index in [1.54, 1.807) is 6.92 Å². The lowest BCUT2D eigenvalue weighted by Gasteiger charge is -2.11. The van der Waals surface area contributed by atoms with Gasteiger partial charge < -0.3 is 5.32 Å². The van der Waals surface area contributed by atoms with Gasteiger partial charge in [-0.05, 0) is 42.8 Å². The van der Waals surface area contributed by atoms with Gasteiger partial charge in [0.1, 0.15) is 5.82 Å². The highest BCUT2D eigenvalue weighted by Crippen LogP contribution is 2.33. The van der Waals surface area contributed by atoms with Crippen molar-refractivity contribution in [1.82, 2.24) is 5.43 Å². The maximum Gasteiger partial charge on any atom is 0.416 e. The van der Waals surface area contributed by atoms with E-state index in [-0.39, 0.29) is 23.6 Å². The number of nitrogens with one attached hydrogen (secondary N) is 2. The zero-order valence-electron chi connectivity index (χ0n) is 15.1. The minimum absolute atomic E-state index is 0.0599. The Hall–Kier alpha value is -2.94. The van der Waals surface area contributed by atoms with Gasteiger partial charge >= 0.3 is 6.18 Å². The van der Waals surface area contributed by atoms with Crippen molar-refractivity contribution in [3.63, 3.8) is 0 Å². The monoisotopic (exact) mass is 429 g/mol. The second-order valence-electron chi connectivity index (χ2n) is 5.98. The van der Waals surface area contributed by atoms with Crippen LogP contribution >= 0.6 is 11.6 Å². The number of benzene rings is 2. The number of anilines is 1. The number of hydrogen-bond donors (Lipinski definition) is 2. The van der Waals surface area contributed by atoms with Gasteiger partial charge in [-0.25, -0.2) is 9.82 Å². The van der Waals surface area contributed by atoms with E-state index >= 15 is 0 Å². The van der Waals surface area contributed by atoms with Crippen LogP contribution < -0.4 is 10.7 Å². The lowest BCUT2D eigenvalue weighted by molar-refractivity contribution is -0.137. The molecule has 29 heavy (non-hydrogen) atoms. The third-order valence-electron chi connectivity index (χ3n) is 3.76. The molecule has 2 amide bonds. The molecule has 5 nitrogen and oxygen atoms in total. The topological polar surface area (TPSA) is 70.6 Å². The Morgan fingerprint density at radius 3 is 2.28 bits per heavy atom. The highest BCUT2D eigenvalue weighted by molar-refractivity contribution is 6.33. The van der Waals surface area contributed by atoms with Crippen LogP contribution in [0.25, 0.3) is 0 Å². The minimum atomic E-state index is -4.58. The van der Waals surface area contributed by atoms with Gasteiger partial charge in [0.25, 0.3) is 0 Å². The van der Waals surface area contributed by atoms with Crippen LogP contribution in [0.5, 0.6) is 0 Å². The molecule has 0 radical (unpaired) electrons. The zero-order valence-corrected chi connectivity index (χ0v) is 15.9. The first-order valence-corrected chi connectivity index (χ1v) is 8.69. The van der Waals surface area contributed by atoms with E-state index in [4.69, 9.17) is 11.6 Å². The first-order valence-electron chi connectivity index (χ1n) is 8.32. The molecule has 0 bridgehead atoms. The summed E-state index contributed by atoms with van der Waals surface area (Å²) in [6.45, 7) is 1.61. The summed E-state index contributed by atoms with van der Waals surface area (Å²) >= 11 is 5.80. The van der Waals surface area contributed by atoms with Gasteiger partial charge in [0, 0.05) is 12.8 Å². The molecule has 2 aromatic rings. The largest absolute Gasteiger partial charge is 0.416 e. The van der Waals surface area contributed by atoms with Gasteiger partial charge in [-0.1, -0.05) is 23.7 Å². The van der Waals surface area contributed by atoms with Crippen molar-refractivity contribution in [2.24, 2.45) is 5.10 Å². The molecule has 0 unspecified atom stereocenters.